The zero-order valence-electron chi connectivity index (χ0n) is 15.0. The van der Waals surface area contributed by atoms with Crippen molar-refractivity contribution in [2.75, 3.05) is 37.4 Å². The van der Waals surface area contributed by atoms with Crippen molar-refractivity contribution in [3.05, 3.63) is 30.1 Å². The molecule has 2 aromatic heterocycles. The molecule has 8 nitrogen and oxygen atoms in total. The molecule has 0 bridgehead atoms. The summed E-state index contributed by atoms with van der Waals surface area (Å²) in [5, 5.41) is 12.8. The number of quaternary nitrogens is 1. The van der Waals surface area contributed by atoms with E-state index in [1.54, 1.807) is 0 Å². The Morgan fingerprint density at radius 3 is 2.96 bits per heavy atom. The van der Waals surface area contributed by atoms with Crippen LogP contribution in [-0.2, 0) is 23.1 Å². The molecule has 0 atom stereocenters. The molecule has 27 heavy (non-hydrogen) atoms. The quantitative estimate of drug-likeness (QED) is 0.583. The first-order valence-corrected chi connectivity index (χ1v) is 10.6. The van der Waals surface area contributed by atoms with Gasteiger partial charge in [-0.3, -0.25) is 4.79 Å². The molecule has 142 valence electrons. The van der Waals surface area contributed by atoms with E-state index in [1.165, 1.54) is 28.0 Å². The van der Waals surface area contributed by atoms with Crippen molar-refractivity contribution in [3.8, 4) is 0 Å². The Balaban J connectivity index is 1.32. The van der Waals surface area contributed by atoms with Crippen molar-refractivity contribution >= 4 is 44.4 Å². The van der Waals surface area contributed by atoms with E-state index < -0.39 is 0 Å². The number of nitrogens with one attached hydrogen (secondary N) is 2. The fourth-order valence-corrected chi connectivity index (χ4v) is 4.51. The second kappa shape index (κ2) is 8.34. The van der Waals surface area contributed by atoms with Gasteiger partial charge in [0, 0.05) is 7.05 Å². The third-order valence-corrected chi connectivity index (χ3v) is 6.38. The minimum atomic E-state index is -0.0950. The summed E-state index contributed by atoms with van der Waals surface area (Å²) in [6.07, 6.45) is 0. The zero-order chi connectivity index (χ0) is 18.6. The summed E-state index contributed by atoms with van der Waals surface area (Å²) < 4.78 is 8.42. The van der Waals surface area contributed by atoms with Gasteiger partial charge in [-0.15, -0.1) is 10.2 Å². The lowest BCUT2D eigenvalue weighted by molar-refractivity contribution is -0.922. The Labute approximate surface area is 164 Å². The first-order valence-electron chi connectivity index (χ1n) is 8.77. The van der Waals surface area contributed by atoms with Crippen LogP contribution in [0.1, 0.15) is 5.82 Å². The molecule has 1 aromatic carbocycles. The number of ether oxygens (including phenoxy) is 1. The van der Waals surface area contributed by atoms with Crippen LogP contribution >= 0.6 is 23.1 Å². The maximum absolute atomic E-state index is 12.3. The number of hydrogen-bond acceptors (Lipinski definition) is 7. The second-order valence-electron chi connectivity index (χ2n) is 6.32. The number of para-hydroxylation sites is 1. The topological polar surface area (TPSA) is 86.4 Å². The molecule has 2 N–H and O–H groups in total. The standard InChI is InChI=1S/C17H20N6O2S2/c1-22-14(10-23-6-8-25-9-7-23)20-21-17(22)26-11-15(24)19-16-18-12-4-2-3-5-13(12)27-16/h2-5H,6-11H2,1H3,(H,18,19,24)/p+1. The number of carbonyl (C=O) groups is 1. The highest BCUT2D eigenvalue weighted by molar-refractivity contribution is 7.99. The fraction of sp³-hybridized carbons (Fsp3) is 0.412. The molecular weight excluding hydrogens is 384 g/mol. The second-order valence-corrected chi connectivity index (χ2v) is 8.29. The SMILES string of the molecule is Cn1c(C[NH+]2CCOCC2)nnc1SCC(=O)Nc1nc2ccccc2s1. The summed E-state index contributed by atoms with van der Waals surface area (Å²) >= 11 is 2.86. The van der Waals surface area contributed by atoms with E-state index in [0.29, 0.717) is 5.13 Å². The van der Waals surface area contributed by atoms with Crippen molar-refractivity contribution < 1.29 is 14.4 Å². The highest BCUT2D eigenvalue weighted by Crippen LogP contribution is 2.25. The van der Waals surface area contributed by atoms with Crippen LogP contribution in [0.25, 0.3) is 10.2 Å². The number of morpholine rings is 1. The van der Waals surface area contributed by atoms with E-state index in [4.69, 9.17) is 4.74 Å². The first kappa shape index (κ1) is 18.4. The number of anilines is 1. The van der Waals surface area contributed by atoms with E-state index in [9.17, 15) is 4.79 Å². The lowest BCUT2D eigenvalue weighted by atomic mass is 10.3. The van der Waals surface area contributed by atoms with Crippen LogP contribution in [0.5, 0.6) is 0 Å². The van der Waals surface area contributed by atoms with Crippen LogP contribution in [0.15, 0.2) is 29.4 Å². The average Bonchev–Trinajstić information content (AvgIpc) is 3.24. The number of hydrogen-bond donors (Lipinski definition) is 2. The molecule has 1 fully saturated rings. The van der Waals surface area contributed by atoms with Gasteiger partial charge in [-0.2, -0.15) is 0 Å². The number of benzene rings is 1. The molecule has 0 unspecified atom stereocenters. The lowest BCUT2D eigenvalue weighted by Crippen LogP contribution is -3.12. The number of amides is 1. The Bertz CT molecular complexity index is 902. The molecule has 0 aliphatic carbocycles. The van der Waals surface area contributed by atoms with Crippen LogP contribution in [0.2, 0.25) is 0 Å². The normalized spacial score (nSPS) is 15.3. The minimum Gasteiger partial charge on any atom is -0.370 e. The van der Waals surface area contributed by atoms with E-state index in [-0.39, 0.29) is 11.7 Å². The summed E-state index contributed by atoms with van der Waals surface area (Å²) in [6.45, 7) is 4.38. The molecule has 1 amide bonds. The number of thioether (sulfide) groups is 1. The number of fused-ring (bicyclic) bond motifs is 1. The largest absolute Gasteiger partial charge is 0.370 e. The van der Waals surface area contributed by atoms with E-state index in [2.05, 4.69) is 20.5 Å². The highest BCUT2D eigenvalue weighted by Gasteiger charge is 2.19. The Kier molecular flexibility index (Phi) is 5.67. The number of thiazole rings is 1. The van der Waals surface area contributed by atoms with Gasteiger partial charge in [-0.05, 0) is 12.1 Å². The van der Waals surface area contributed by atoms with Crippen LogP contribution in [0.4, 0.5) is 5.13 Å². The summed E-state index contributed by atoms with van der Waals surface area (Å²) in [7, 11) is 1.95. The maximum atomic E-state index is 12.3. The molecule has 1 aliphatic heterocycles. The van der Waals surface area contributed by atoms with Gasteiger partial charge in [0.05, 0.1) is 29.2 Å². The van der Waals surface area contributed by atoms with Crippen molar-refractivity contribution in [1.29, 1.82) is 0 Å². The van der Waals surface area contributed by atoms with Gasteiger partial charge in [0.15, 0.2) is 16.1 Å². The van der Waals surface area contributed by atoms with Crippen LogP contribution < -0.4 is 10.2 Å². The minimum absolute atomic E-state index is 0.0950. The van der Waals surface area contributed by atoms with Crippen LogP contribution in [0, 0.1) is 0 Å². The van der Waals surface area contributed by atoms with Gasteiger partial charge in [-0.25, -0.2) is 4.98 Å². The summed E-state index contributed by atoms with van der Waals surface area (Å²) in [4.78, 5) is 18.1. The molecule has 3 heterocycles. The molecule has 3 aromatic rings. The fourth-order valence-electron chi connectivity index (χ4n) is 2.90. The highest BCUT2D eigenvalue weighted by atomic mass is 32.2. The molecule has 0 saturated carbocycles. The van der Waals surface area contributed by atoms with Gasteiger partial charge < -0.3 is 19.5 Å². The molecular formula is C17H21N6O2S2+. The van der Waals surface area contributed by atoms with Crippen molar-refractivity contribution in [3.63, 3.8) is 0 Å². The predicted octanol–water partition coefficient (Wildman–Crippen LogP) is 0.571. The number of carbonyl (C=O) groups excluding carboxylic acids is 1. The molecule has 1 saturated heterocycles. The van der Waals surface area contributed by atoms with Crippen molar-refractivity contribution in [1.82, 2.24) is 19.7 Å². The smallest absolute Gasteiger partial charge is 0.236 e. The Morgan fingerprint density at radius 2 is 2.15 bits per heavy atom. The monoisotopic (exact) mass is 405 g/mol. The average molecular weight is 406 g/mol. The third-order valence-electron chi connectivity index (χ3n) is 4.41. The summed E-state index contributed by atoms with van der Waals surface area (Å²) in [6, 6.07) is 7.84. The Morgan fingerprint density at radius 1 is 1.33 bits per heavy atom. The van der Waals surface area contributed by atoms with Crippen molar-refractivity contribution in [2.24, 2.45) is 7.05 Å². The number of nitrogens with zero attached hydrogens (tertiary/aromatic N) is 4. The number of rotatable bonds is 6. The molecule has 0 spiro atoms. The van der Waals surface area contributed by atoms with Crippen LogP contribution in [0.3, 0.4) is 0 Å². The zero-order valence-corrected chi connectivity index (χ0v) is 16.6. The van der Waals surface area contributed by atoms with E-state index in [0.717, 1.165) is 54.0 Å². The van der Waals surface area contributed by atoms with E-state index in [1.807, 2.05) is 35.9 Å². The van der Waals surface area contributed by atoms with Gasteiger partial charge in [0.2, 0.25) is 5.91 Å². The van der Waals surface area contributed by atoms with Crippen molar-refractivity contribution in [2.45, 2.75) is 11.7 Å². The summed E-state index contributed by atoms with van der Waals surface area (Å²) in [5.41, 5.74) is 0.897. The molecule has 10 heteroatoms. The summed E-state index contributed by atoms with van der Waals surface area (Å²) in [5.74, 6) is 1.11. The number of aromatic nitrogens is 4. The first-order chi connectivity index (χ1) is 13.2. The lowest BCUT2D eigenvalue weighted by Gasteiger charge is -2.23. The maximum Gasteiger partial charge on any atom is 0.236 e. The van der Waals surface area contributed by atoms with Crippen LogP contribution in [-0.4, -0.2) is 57.7 Å². The molecule has 4 rings (SSSR count). The van der Waals surface area contributed by atoms with Gasteiger partial charge in [-0.1, -0.05) is 35.2 Å². The van der Waals surface area contributed by atoms with Gasteiger partial charge in [0.25, 0.3) is 0 Å². The molecule has 0 radical (unpaired) electrons. The van der Waals surface area contributed by atoms with Gasteiger partial charge >= 0.3 is 0 Å². The predicted molar refractivity (Wildman–Crippen MR) is 105 cm³/mol. The molecule has 1 aliphatic rings. The van der Waals surface area contributed by atoms with E-state index >= 15 is 0 Å². The van der Waals surface area contributed by atoms with Gasteiger partial charge in [0.1, 0.15) is 19.6 Å². The Hall–Kier alpha value is -2.01. The third kappa shape index (κ3) is 4.46.